The summed E-state index contributed by atoms with van der Waals surface area (Å²) in [6, 6.07) is 10.0. The minimum atomic E-state index is -0.425. The Morgan fingerprint density at radius 3 is 3.03 bits per heavy atom. The molecular formula is C21H21FN4O3. The monoisotopic (exact) mass is 396 g/mol. The predicted octanol–water partition coefficient (Wildman–Crippen LogP) is 2.81. The highest BCUT2D eigenvalue weighted by Crippen LogP contribution is 2.35. The molecule has 29 heavy (non-hydrogen) atoms. The molecule has 1 aromatic carbocycles. The number of ether oxygens (including phenoxy) is 2. The number of hydrogen-bond donors (Lipinski definition) is 1. The molecule has 3 heterocycles. The van der Waals surface area contributed by atoms with Gasteiger partial charge >= 0.3 is 0 Å². The number of carbonyl (C=O) groups is 1. The average Bonchev–Trinajstić information content (AvgIpc) is 3.42. The number of carbonyl (C=O) groups excluding carboxylic acids is 1. The van der Waals surface area contributed by atoms with E-state index in [9.17, 15) is 9.18 Å². The van der Waals surface area contributed by atoms with E-state index in [-0.39, 0.29) is 17.6 Å². The van der Waals surface area contributed by atoms with E-state index in [0.717, 1.165) is 11.1 Å². The predicted molar refractivity (Wildman–Crippen MR) is 103 cm³/mol. The normalized spacial score (nSPS) is 18.6. The largest absolute Gasteiger partial charge is 0.481 e. The van der Waals surface area contributed by atoms with Crippen LogP contribution in [0.15, 0.2) is 55.0 Å². The molecule has 0 radical (unpaired) electrons. The molecule has 150 valence electrons. The lowest BCUT2D eigenvalue weighted by Gasteiger charge is -2.17. The highest BCUT2D eigenvalue weighted by atomic mass is 19.1. The van der Waals surface area contributed by atoms with Gasteiger partial charge < -0.3 is 14.8 Å². The van der Waals surface area contributed by atoms with Crippen molar-refractivity contribution in [3.8, 4) is 11.6 Å². The minimum absolute atomic E-state index is 0.114. The second-order valence-corrected chi connectivity index (χ2v) is 6.75. The molecular weight excluding hydrogens is 375 g/mol. The maximum absolute atomic E-state index is 14.0. The lowest BCUT2D eigenvalue weighted by atomic mass is 9.96. The first-order valence-corrected chi connectivity index (χ1v) is 9.34. The summed E-state index contributed by atoms with van der Waals surface area (Å²) in [5.74, 6) is -0.347. The fraction of sp³-hybridized carbons (Fsp3) is 0.286. The minimum Gasteiger partial charge on any atom is -0.481 e. The van der Waals surface area contributed by atoms with Crippen LogP contribution in [0.25, 0.3) is 5.69 Å². The SMILES string of the molecule is COc1ncccc1CNC(=O)C1CCOC1c1cnn(-c2ccccc2F)c1. The van der Waals surface area contributed by atoms with Crippen molar-refractivity contribution in [3.63, 3.8) is 0 Å². The van der Waals surface area contributed by atoms with Crippen molar-refractivity contribution in [3.05, 3.63) is 71.9 Å². The van der Waals surface area contributed by atoms with E-state index >= 15 is 0 Å². The van der Waals surface area contributed by atoms with Gasteiger partial charge in [-0.3, -0.25) is 4.79 Å². The van der Waals surface area contributed by atoms with Gasteiger partial charge in [0.1, 0.15) is 11.5 Å². The first kappa shape index (κ1) is 19.1. The Morgan fingerprint density at radius 1 is 1.34 bits per heavy atom. The van der Waals surface area contributed by atoms with Gasteiger partial charge in [-0.2, -0.15) is 5.10 Å². The van der Waals surface area contributed by atoms with Crippen molar-refractivity contribution in [2.75, 3.05) is 13.7 Å². The molecule has 2 unspecified atom stereocenters. The molecule has 1 aliphatic heterocycles. The highest BCUT2D eigenvalue weighted by Gasteiger charge is 2.36. The number of halogens is 1. The maximum Gasteiger partial charge on any atom is 0.226 e. The Bertz CT molecular complexity index is 1010. The molecule has 2 atom stereocenters. The third-order valence-electron chi connectivity index (χ3n) is 4.96. The molecule has 3 aromatic rings. The van der Waals surface area contributed by atoms with Crippen LogP contribution in [0, 0.1) is 11.7 Å². The third kappa shape index (κ3) is 3.97. The van der Waals surface area contributed by atoms with Gasteiger partial charge in [-0.1, -0.05) is 18.2 Å². The quantitative estimate of drug-likeness (QED) is 0.693. The van der Waals surface area contributed by atoms with E-state index in [2.05, 4.69) is 15.4 Å². The van der Waals surface area contributed by atoms with Crippen molar-refractivity contribution in [2.24, 2.45) is 5.92 Å². The van der Waals surface area contributed by atoms with E-state index in [1.54, 1.807) is 50.0 Å². The zero-order valence-electron chi connectivity index (χ0n) is 15.9. The summed E-state index contributed by atoms with van der Waals surface area (Å²) in [5.41, 5.74) is 1.89. The molecule has 1 fully saturated rings. The molecule has 1 aliphatic rings. The van der Waals surface area contributed by atoms with Crippen LogP contribution in [-0.2, 0) is 16.1 Å². The second-order valence-electron chi connectivity index (χ2n) is 6.75. The van der Waals surface area contributed by atoms with E-state index in [0.29, 0.717) is 31.1 Å². The van der Waals surface area contributed by atoms with Gasteiger partial charge in [0.2, 0.25) is 11.8 Å². The summed E-state index contributed by atoms with van der Waals surface area (Å²) < 4.78 is 26.5. The zero-order chi connectivity index (χ0) is 20.2. The summed E-state index contributed by atoms with van der Waals surface area (Å²) in [4.78, 5) is 16.9. The van der Waals surface area contributed by atoms with Gasteiger partial charge in [-0.15, -0.1) is 0 Å². The van der Waals surface area contributed by atoms with Gasteiger partial charge in [-0.25, -0.2) is 14.1 Å². The van der Waals surface area contributed by atoms with Crippen molar-refractivity contribution in [2.45, 2.75) is 19.1 Å². The number of para-hydroxylation sites is 1. The van der Waals surface area contributed by atoms with Crippen LogP contribution in [0.4, 0.5) is 4.39 Å². The van der Waals surface area contributed by atoms with Crippen LogP contribution in [-0.4, -0.2) is 34.4 Å². The van der Waals surface area contributed by atoms with Crippen LogP contribution in [0.5, 0.6) is 5.88 Å². The third-order valence-corrected chi connectivity index (χ3v) is 4.96. The molecule has 1 amide bonds. The number of benzene rings is 1. The summed E-state index contributed by atoms with van der Waals surface area (Å²) in [6.45, 7) is 0.789. The van der Waals surface area contributed by atoms with E-state index < -0.39 is 6.10 Å². The Morgan fingerprint density at radius 2 is 2.21 bits per heavy atom. The zero-order valence-corrected chi connectivity index (χ0v) is 15.9. The van der Waals surface area contributed by atoms with Crippen LogP contribution in [0.2, 0.25) is 0 Å². The van der Waals surface area contributed by atoms with Crippen molar-refractivity contribution >= 4 is 5.91 Å². The summed E-state index contributed by atoms with van der Waals surface area (Å²) in [7, 11) is 1.54. The first-order valence-electron chi connectivity index (χ1n) is 9.34. The molecule has 4 rings (SSSR count). The Balaban J connectivity index is 1.46. The number of pyridine rings is 1. The number of amides is 1. The number of nitrogens with one attached hydrogen (secondary N) is 1. The van der Waals surface area contributed by atoms with Crippen LogP contribution in [0.3, 0.4) is 0 Å². The smallest absolute Gasteiger partial charge is 0.226 e. The Kier molecular flexibility index (Phi) is 5.53. The van der Waals surface area contributed by atoms with Gasteiger partial charge in [0, 0.05) is 36.7 Å². The van der Waals surface area contributed by atoms with Gasteiger partial charge in [0.15, 0.2) is 0 Å². The van der Waals surface area contributed by atoms with Crippen molar-refractivity contribution < 1.29 is 18.7 Å². The van der Waals surface area contributed by atoms with Gasteiger partial charge in [0.05, 0.1) is 25.3 Å². The fourth-order valence-electron chi connectivity index (χ4n) is 3.50. The lowest BCUT2D eigenvalue weighted by Crippen LogP contribution is -2.32. The summed E-state index contributed by atoms with van der Waals surface area (Å²) in [5, 5.41) is 7.18. The number of methoxy groups -OCH3 is 1. The first-order chi connectivity index (χ1) is 14.2. The number of nitrogens with zero attached hydrogens (tertiary/aromatic N) is 3. The molecule has 0 spiro atoms. The molecule has 7 nitrogen and oxygen atoms in total. The van der Waals surface area contributed by atoms with Gasteiger partial charge in [-0.05, 0) is 24.6 Å². The van der Waals surface area contributed by atoms with E-state index in [1.807, 2.05) is 6.07 Å². The van der Waals surface area contributed by atoms with Crippen molar-refractivity contribution in [1.82, 2.24) is 20.1 Å². The van der Waals surface area contributed by atoms with Gasteiger partial charge in [0.25, 0.3) is 0 Å². The highest BCUT2D eigenvalue weighted by molar-refractivity contribution is 5.79. The van der Waals surface area contributed by atoms with E-state index in [4.69, 9.17) is 9.47 Å². The molecule has 1 saturated heterocycles. The maximum atomic E-state index is 14.0. The summed E-state index contributed by atoms with van der Waals surface area (Å²) in [6.07, 6.45) is 5.14. The number of hydrogen-bond acceptors (Lipinski definition) is 5. The standard InChI is InChI=1S/C21H21FN4O3/c1-28-21-14(5-4-9-23-21)11-24-20(27)16-8-10-29-19(16)15-12-25-26(13-15)18-7-3-2-6-17(18)22/h2-7,9,12-13,16,19H,8,10-11H2,1H3,(H,24,27). The molecule has 0 bridgehead atoms. The van der Waals surface area contributed by atoms with Crippen molar-refractivity contribution in [1.29, 1.82) is 0 Å². The second kappa shape index (κ2) is 8.40. The number of aromatic nitrogens is 3. The molecule has 2 aromatic heterocycles. The van der Waals surface area contributed by atoms with Crippen LogP contribution >= 0.6 is 0 Å². The number of rotatable bonds is 6. The van der Waals surface area contributed by atoms with Crippen LogP contribution in [0.1, 0.15) is 23.7 Å². The molecule has 0 saturated carbocycles. The lowest BCUT2D eigenvalue weighted by molar-refractivity contribution is -0.126. The molecule has 0 aliphatic carbocycles. The Labute approximate surface area is 167 Å². The van der Waals surface area contributed by atoms with E-state index in [1.165, 1.54) is 10.7 Å². The topological polar surface area (TPSA) is 78.3 Å². The fourth-order valence-corrected chi connectivity index (χ4v) is 3.50. The molecule has 1 N–H and O–H groups in total. The van der Waals surface area contributed by atoms with Crippen LogP contribution < -0.4 is 10.1 Å². The average molecular weight is 396 g/mol. The Hall–Kier alpha value is -3.26. The summed E-state index contributed by atoms with van der Waals surface area (Å²) >= 11 is 0. The molecule has 8 heteroatoms.